The minimum atomic E-state index is -0.484. The summed E-state index contributed by atoms with van der Waals surface area (Å²) in [4.78, 5) is 25.8. The van der Waals surface area contributed by atoms with Gasteiger partial charge in [0.05, 0.1) is 5.02 Å². The van der Waals surface area contributed by atoms with E-state index in [1.165, 1.54) is 0 Å². The van der Waals surface area contributed by atoms with Crippen LogP contribution in [0.5, 0.6) is 0 Å². The lowest BCUT2D eigenvalue weighted by molar-refractivity contribution is 0.0958. The van der Waals surface area contributed by atoms with Crippen LogP contribution in [0.15, 0.2) is 16.6 Å². The molecule has 2 bridgehead atoms. The first-order chi connectivity index (χ1) is 11.8. The fourth-order valence-electron chi connectivity index (χ4n) is 4.19. The van der Waals surface area contributed by atoms with Crippen LogP contribution < -0.4 is 16.7 Å². The van der Waals surface area contributed by atoms with Gasteiger partial charge in [0.15, 0.2) is 5.69 Å². The second-order valence-corrected chi connectivity index (χ2v) is 7.76. The van der Waals surface area contributed by atoms with E-state index < -0.39 is 11.5 Å². The molecule has 136 valence electrons. The van der Waals surface area contributed by atoms with E-state index in [9.17, 15) is 9.59 Å². The number of allylic oxidation sites excluding steroid dienone is 2. The van der Waals surface area contributed by atoms with Crippen LogP contribution in [0.2, 0.25) is 5.02 Å². The molecule has 1 aromatic rings. The molecule has 25 heavy (non-hydrogen) atoms. The van der Waals surface area contributed by atoms with Gasteiger partial charge in [0, 0.05) is 22.6 Å². The van der Waals surface area contributed by atoms with Gasteiger partial charge in [-0.3, -0.25) is 9.59 Å². The molecule has 0 radical (unpaired) electrons. The monoisotopic (exact) mass is 384 g/mol. The highest BCUT2D eigenvalue weighted by atomic mass is 35.5. The number of carbonyl (C=O) groups is 1. The highest BCUT2D eigenvalue weighted by Crippen LogP contribution is 2.55. The Morgan fingerprint density at radius 1 is 1.44 bits per heavy atom. The Hall–Kier alpha value is -1.53. The lowest BCUT2D eigenvalue weighted by Gasteiger charge is -2.27. The minimum Gasteiger partial charge on any atom is -0.325 e. The van der Waals surface area contributed by atoms with Gasteiger partial charge in [0.25, 0.3) is 11.5 Å². The van der Waals surface area contributed by atoms with Gasteiger partial charge in [-0.2, -0.15) is 0 Å². The van der Waals surface area contributed by atoms with Crippen LogP contribution >= 0.6 is 23.2 Å². The molecule has 1 aromatic heterocycles. The number of hydrogen-bond donors (Lipinski definition) is 2. The van der Waals surface area contributed by atoms with Gasteiger partial charge >= 0.3 is 0 Å². The Morgan fingerprint density at radius 2 is 2.12 bits per heavy atom. The van der Waals surface area contributed by atoms with Crippen molar-refractivity contribution in [2.24, 2.45) is 11.8 Å². The Labute approximate surface area is 156 Å². The zero-order chi connectivity index (χ0) is 18.3. The first-order valence-electron chi connectivity index (χ1n) is 8.55. The second-order valence-electron chi connectivity index (χ2n) is 6.88. The largest absolute Gasteiger partial charge is 0.325 e. The first kappa shape index (κ1) is 18.3. The summed E-state index contributed by atoms with van der Waals surface area (Å²) in [5, 5.41) is 6.49. The summed E-state index contributed by atoms with van der Waals surface area (Å²) in [6.07, 6.45) is 5.73. The summed E-state index contributed by atoms with van der Waals surface area (Å²) < 4.78 is 0. The molecule has 2 aliphatic carbocycles. The van der Waals surface area contributed by atoms with Crippen LogP contribution in [-0.4, -0.2) is 21.2 Å². The molecule has 0 saturated heterocycles. The normalized spacial score (nSPS) is 28.4. The number of halogens is 2. The number of hydrogen-bond acceptors (Lipinski definition) is 4. The van der Waals surface area contributed by atoms with Crippen LogP contribution in [0, 0.1) is 11.8 Å². The highest BCUT2D eigenvalue weighted by molar-refractivity contribution is 6.34. The van der Waals surface area contributed by atoms with E-state index in [2.05, 4.69) is 10.4 Å². The molecule has 2 aliphatic rings. The van der Waals surface area contributed by atoms with Gasteiger partial charge in [0.2, 0.25) is 0 Å². The van der Waals surface area contributed by atoms with Crippen LogP contribution in [0.4, 0.5) is 0 Å². The van der Waals surface area contributed by atoms with Gasteiger partial charge in [-0.05, 0) is 44.4 Å². The molecule has 1 heterocycles. The fraction of sp³-hybridized carbons (Fsp3) is 0.588. The molecule has 4 atom stereocenters. The zero-order valence-corrected chi connectivity index (χ0v) is 15.8. The zero-order valence-electron chi connectivity index (χ0n) is 14.3. The first-order valence-corrected chi connectivity index (χ1v) is 9.36. The fourth-order valence-corrected chi connectivity index (χ4v) is 5.08. The Morgan fingerprint density at radius 3 is 2.72 bits per heavy atom. The van der Waals surface area contributed by atoms with Crippen molar-refractivity contribution in [3.05, 3.63) is 38.4 Å². The van der Waals surface area contributed by atoms with E-state index in [0.717, 1.165) is 25.7 Å². The van der Waals surface area contributed by atoms with Crippen molar-refractivity contribution in [2.75, 3.05) is 5.84 Å². The molecule has 4 unspecified atom stereocenters. The van der Waals surface area contributed by atoms with E-state index in [4.69, 9.17) is 29.0 Å². The van der Waals surface area contributed by atoms with Crippen LogP contribution in [0.1, 0.15) is 61.5 Å². The lowest BCUT2D eigenvalue weighted by Crippen LogP contribution is -2.39. The molecule has 6 nitrogen and oxygen atoms in total. The summed E-state index contributed by atoms with van der Waals surface area (Å²) in [7, 11) is 0. The van der Waals surface area contributed by atoms with Crippen molar-refractivity contribution in [3.8, 4) is 0 Å². The van der Waals surface area contributed by atoms with E-state index in [1.54, 1.807) is 6.92 Å². The standard InChI is InChI=1S/C17H22Cl2N4O2/c1-3-4-8(2)21-16(24)15-14(19)12(17(25)23(20)22-15)11-9-5-6-10(7-9)13(11)18/h4,9-11,13H,3,5-7,20H2,1-2H3,(H,21,24)/b8-4-. The quantitative estimate of drug-likeness (QED) is 0.616. The molecule has 0 aromatic carbocycles. The third-order valence-corrected chi connectivity index (χ3v) is 6.29. The molecule has 8 heteroatoms. The van der Waals surface area contributed by atoms with Crippen molar-refractivity contribution < 1.29 is 4.79 Å². The number of alkyl halides is 1. The minimum absolute atomic E-state index is 0.0470. The van der Waals surface area contributed by atoms with Crippen molar-refractivity contribution in [3.63, 3.8) is 0 Å². The number of carbonyl (C=O) groups excluding carboxylic acids is 1. The van der Waals surface area contributed by atoms with Crippen molar-refractivity contribution in [1.29, 1.82) is 0 Å². The van der Waals surface area contributed by atoms with Gasteiger partial charge in [-0.25, -0.2) is 0 Å². The lowest BCUT2D eigenvalue weighted by atomic mass is 9.83. The molecular weight excluding hydrogens is 363 g/mol. The Bertz CT molecular complexity index is 788. The second kappa shape index (κ2) is 7.00. The summed E-state index contributed by atoms with van der Waals surface area (Å²) in [6.45, 7) is 3.74. The summed E-state index contributed by atoms with van der Waals surface area (Å²) in [5.74, 6) is 5.75. The van der Waals surface area contributed by atoms with Gasteiger partial charge in [-0.1, -0.05) is 24.6 Å². The summed E-state index contributed by atoms with van der Waals surface area (Å²) in [6, 6.07) is 0. The van der Waals surface area contributed by atoms with Gasteiger partial charge in [0.1, 0.15) is 0 Å². The predicted octanol–water partition coefficient (Wildman–Crippen LogP) is 2.78. The molecule has 0 aliphatic heterocycles. The topological polar surface area (TPSA) is 90.0 Å². The van der Waals surface area contributed by atoms with Gasteiger partial charge < -0.3 is 11.2 Å². The van der Waals surface area contributed by atoms with Gasteiger partial charge in [-0.15, -0.1) is 21.5 Å². The van der Waals surface area contributed by atoms with E-state index in [1.807, 2.05) is 13.0 Å². The van der Waals surface area contributed by atoms with Crippen molar-refractivity contribution >= 4 is 29.1 Å². The number of nitrogens with two attached hydrogens (primary N) is 1. The Balaban J connectivity index is 2.03. The van der Waals surface area contributed by atoms with Crippen LogP contribution in [0.25, 0.3) is 0 Å². The SMILES string of the molecule is CC/C=C(/C)NC(=O)c1nn(N)c(=O)c(C2C3CCC(C3)C2Cl)c1Cl. The maximum atomic E-state index is 12.6. The highest BCUT2D eigenvalue weighted by Gasteiger charge is 2.49. The molecule has 3 N–H and O–H groups in total. The maximum Gasteiger partial charge on any atom is 0.290 e. The predicted molar refractivity (Wildman–Crippen MR) is 98.4 cm³/mol. The van der Waals surface area contributed by atoms with E-state index in [0.29, 0.717) is 27.9 Å². The van der Waals surface area contributed by atoms with Crippen LogP contribution in [0.3, 0.4) is 0 Å². The number of nitrogens with zero attached hydrogens (tertiary/aromatic N) is 2. The molecule has 3 rings (SSSR count). The number of nitrogen functional groups attached to an aromatic ring is 1. The number of aromatic nitrogens is 2. The number of rotatable bonds is 4. The number of nitrogens with one attached hydrogen (secondary N) is 1. The van der Waals surface area contributed by atoms with E-state index in [-0.39, 0.29) is 22.0 Å². The molecule has 1 amide bonds. The summed E-state index contributed by atoms with van der Waals surface area (Å²) >= 11 is 13.0. The molecule has 2 saturated carbocycles. The van der Waals surface area contributed by atoms with Crippen LogP contribution in [-0.2, 0) is 0 Å². The average Bonchev–Trinajstić information content (AvgIpc) is 3.14. The number of fused-ring (bicyclic) bond motifs is 2. The smallest absolute Gasteiger partial charge is 0.290 e. The number of amides is 1. The van der Waals surface area contributed by atoms with Crippen molar-refractivity contribution in [1.82, 2.24) is 15.2 Å². The maximum absolute atomic E-state index is 12.6. The third-order valence-electron chi connectivity index (χ3n) is 5.28. The third kappa shape index (κ3) is 3.17. The van der Waals surface area contributed by atoms with E-state index >= 15 is 0 Å². The molecule has 0 spiro atoms. The average molecular weight is 385 g/mol. The summed E-state index contributed by atoms with van der Waals surface area (Å²) in [5.41, 5.74) is 0.491. The van der Waals surface area contributed by atoms with Crippen molar-refractivity contribution in [2.45, 2.75) is 50.8 Å². The Kier molecular flexibility index (Phi) is 5.11. The molecule has 2 fully saturated rings. The molecular formula is C17H22Cl2N4O2.